The lowest BCUT2D eigenvalue weighted by atomic mass is 10.2. The van der Waals surface area contributed by atoms with Crippen LogP contribution in [0.25, 0.3) is 0 Å². The first-order chi connectivity index (χ1) is 9.97. The van der Waals surface area contributed by atoms with Crippen LogP contribution in [-0.2, 0) is 4.79 Å². The predicted molar refractivity (Wildman–Crippen MR) is 76.5 cm³/mol. The first-order valence-corrected chi connectivity index (χ1v) is 6.98. The molecule has 0 unspecified atom stereocenters. The van der Waals surface area contributed by atoms with Gasteiger partial charge in [-0.1, -0.05) is 12.8 Å². The third-order valence-corrected chi connectivity index (χ3v) is 3.62. The van der Waals surface area contributed by atoms with Crippen LogP contribution in [0.3, 0.4) is 0 Å². The van der Waals surface area contributed by atoms with E-state index in [0.717, 1.165) is 37.8 Å². The molecule has 0 saturated heterocycles. The number of hydrogen-bond donors (Lipinski definition) is 2. The molecule has 0 aromatic heterocycles. The van der Waals surface area contributed by atoms with E-state index < -0.39 is 16.8 Å². The highest BCUT2D eigenvalue weighted by Crippen LogP contribution is 2.25. The molecule has 1 fully saturated rings. The van der Waals surface area contributed by atoms with Crippen molar-refractivity contribution in [3.05, 3.63) is 34.1 Å². The van der Waals surface area contributed by atoms with Crippen molar-refractivity contribution in [3.63, 3.8) is 0 Å². The van der Waals surface area contributed by atoms with Crippen LogP contribution in [0.2, 0.25) is 0 Å². The summed E-state index contributed by atoms with van der Waals surface area (Å²) in [6, 6.07) is 2.79. The number of carbonyl (C=O) groups is 1. The Morgan fingerprint density at radius 2 is 2.10 bits per heavy atom. The fraction of sp³-hybridized carbons (Fsp3) is 0.500. The Balaban J connectivity index is 2.03. The molecule has 1 aliphatic carbocycles. The van der Waals surface area contributed by atoms with E-state index in [1.807, 2.05) is 0 Å². The van der Waals surface area contributed by atoms with Gasteiger partial charge in [0.2, 0.25) is 5.91 Å². The Hall–Kier alpha value is -2.18. The summed E-state index contributed by atoms with van der Waals surface area (Å²) in [6.45, 7) is 1.62. The van der Waals surface area contributed by atoms with Crippen LogP contribution < -0.4 is 10.6 Å². The molecule has 7 heteroatoms. The van der Waals surface area contributed by atoms with Crippen molar-refractivity contribution in [3.8, 4) is 0 Å². The minimum absolute atomic E-state index is 0.135. The van der Waals surface area contributed by atoms with E-state index in [0.29, 0.717) is 0 Å². The molecular weight excluding hydrogens is 277 g/mol. The lowest BCUT2D eigenvalue weighted by molar-refractivity contribution is -0.384. The molecule has 1 amide bonds. The Labute approximate surface area is 121 Å². The number of hydrogen-bond acceptors (Lipinski definition) is 4. The number of anilines is 1. The summed E-state index contributed by atoms with van der Waals surface area (Å²) in [6.07, 6.45) is 4.15. The average molecular weight is 295 g/mol. The molecule has 0 radical (unpaired) electrons. The molecule has 1 aromatic carbocycles. The van der Waals surface area contributed by atoms with Crippen LogP contribution in [0.15, 0.2) is 18.2 Å². The second-order valence-corrected chi connectivity index (χ2v) is 5.27. The first-order valence-electron chi connectivity index (χ1n) is 6.98. The van der Waals surface area contributed by atoms with Gasteiger partial charge in [0.15, 0.2) is 0 Å². The molecule has 0 spiro atoms. The Morgan fingerprint density at radius 1 is 1.43 bits per heavy atom. The number of carbonyl (C=O) groups excluding carboxylic acids is 1. The number of halogens is 1. The fourth-order valence-corrected chi connectivity index (χ4v) is 2.47. The zero-order valence-electron chi connectivity index (χ0n) is 11.8. The van der Waals surface area contributed by atoms with Crippen molar-refractivity contribution >= 4 is 17.3 Å². The third-order valence-electron chi connectivity index (χ3n) is 3.62. The van der Waals surface area contributed by atoms with Crippen molar-refractivity contribution in [2.24, 2.45) is 0 Å². The highest BCUT2D eigenvalue weighted by atomic mass is 19.1. The number of nitro groups is 1. The van der Waals surface area contributed by atoms with Gasteiger partial charge in [-0.15, -0.1) is 0 Å². The van der Waals surface area contributed by atoms with E-state index in [2.05, 4.69) is 10.6 Å². The molecule has 1 aliphatic rings. The van der Waals surface area contributed by atoms with E-state index in [9.17, 15) is 19.3 Å². The minimum Gasteiger partial charge on any atom is -0.368 e. The Bertz CT molecular complexity index is 544. The number of nitro benzene ring substituents is 1. The van der Waals surface area contributed by atoms with E-state index in [-0.39, 0.29) is 23.3 Å². The zero-order chi connectivity index (χ0) is 15.4. The predicted octanol–water partition coefficient (Wildman–Crippen LogP) is 2.59. The van der Waals surface area contributed by atoms with Crippen LogP contribution in [-0.4, -0.2) is 22.9 Å². The number of benzene rings is 1. The van der Waals surface area contributed by atoms with E-state index in [1.54, 1.807) is 6.92 Å². The van der Waals surface area contributed by atoms with Gasteiger partial charge in [-0.05, 0) is 31.9 Å². The molecule has 0 bridgehead atoms. The molecular formula is C14H18FN3O3. The SMILES string of the molecule is C[C@@H](Nc1ccc(F)cc1[N+](=O)[O-])C(=O)NC1CCCC1. The number of nitrogens with zero attached hydrogens (tertiary/aromatic N) is 1. The highest BCUT2D eigenvalue weighted by molar-refractivity contribution is 5.85. The zero-order valence-corrected chi connectivity index (χ0v) is 11.8. The first kappa shape index (κ1) is 15.2. The van der Waals surface area contributed by atoms with Crippen molar-refractivity contribution in [2.75, 3.05) is 5.32 Å². The average Bonchev–Trinajstić information content (AvgIpc) is 2.93. The molecule has 1 aromatic rings. The quantitative estimate of drug-likeness (QED) is 0.646. The molecule has 114 valence electrons. The smallest absolute Gasteiger partial charge is 0.295 e. The van der Waals surface area contributed by atoms with Crippen LogP contribution in [0.4, 0.5) is 15.8 Å². The van der Waals surface area contributed by atoms with Crippen molar-refractivity contribution in [1.82, 2.24) is 5.32 Å². The van der Waals surface area contributed by atoms with Crippen LogP contribution >= 0.6 is 0 Å². The topological polar surface area (TPSA) is 84.3 Å². The van der Waals surface area contributed by atoms with Gasteiger partial charge in [0.05, 0.1) is 11.0 Å². The summed E-state index contributed by atoms with van der Waals surface area (Å²) in [5.41, 5.74) is -0.244. The van der Waals surface area contributed by atoms with Gasteiger partial charge in [-0.3, -0.25) is 14.9 Å². The molecule has 0 heterocycles. The van der Waals surface area contributed by atoms with Crippen molar-refractivity contribution < 1.29 is 14.1 Å². The van der Waals surface area contributed by atoms with E-state index in [1.165, 1.54) is 6.07 Å². The lowest BCUT2D eigenvalue weighted by Crippen LogP contribution is -2.42. The summed E-state index contributed by atoms with van der Waals surface area (Å²) < 4.78 is 13.1. The van der Waals surface area contributed by atoms with Gasteiger partial charge in [-0.25, -0.2) is 4.39 Å². The molecule has 1 saturated carbocycles. The molecule has 1 atom stereocenters. The summed E-state index contributed by atoms with van der Waals surface area (Å²) in [5, 5.41) is 16.6. The van der Waals surface area contributed by atoms with Crippen LogP contribution in [0.5, 0.6) is 0 Å². The maximum Gasteiger partial charge on any atom is 0.295 e. The standard InChI is InChI=1S/C14H18FN3O3/c1-9(14(19)17-11-4-2-3-5-11)16-12-7-6-10(15)8-13(12)18(20)21/h6-9,11,16H,2-5H2,1H3,(H,17,19)/t9-/m1/s1. The van der Waals surface area contributed by atoms with Crippen molar-refractivity contribution in [2.45, 2.75) is 44.7 Å². The summed E-state index contributed by atoms with van der Waals surface area (Å²) in [4.78, 5) is 22.3. The van der Waals surface area contributed by atoms with Gasteiger partial charge >= 0.3 is 0 Å². The second kappa shape index (κ2) is 6.51. The second-order valence-electron chi connectivity index (χ2n) is 5.27. The summed E-state index contributed by atoms with van der Waals surface area (Å²) >= 11 is 0. The Kier molecular flexibility index (Phi) is 4.72. The third kappa shape index (κ3) is 3.90. The molecule has 0 aliphatic heterocycles. The largest absolute Gasteiger partial charge is 0.368 e. The fourth-order valence-electron chi connectivity index (χ4n) is 2.47. The van der Waals surface area contributed by atoms with Crippen LogP contribution in [0.1, 0.15) is 32.6 Å². The van der Waals surface area contributed by atoms with E-state index >= 15 is 0 Å². The summed E-state index contributed by atoms with van der Waals surface area (Å²) in [7, 11) is 0. The van der Waals surface area contributed by atoms with Crippen molar-refractivity contribution in [1.29, 1.82) is 0 Å². The van der Waals surface area contributed by atoms with E-state index in [4.69, 9.17) is 0 Å². The normalized spacial score (nSPS) is 16.5. The molecule has 2 rings (SSSR count). The maximum absolute atomic E-state index is 13.1. The molecule has 21 heavy (non-hydrogen) atoms. The van der Waals surface area contributed by atoms with Gasteiger partial charge in [0.1, 0.15) is 17.5 Å². The monoisotopic (exact) mass is 295 g/mol. The highest BCUT2D eigenvalue weighted by Gasteiger charge is 2.23. The molecule has 6 nitrogen and oxygen atoms in total. The Morgan fingerprint density at radius 3 is 2.71 bits per heavy atom. The molecule has 2 N–H and O–H groups in total. The maximum atomic E-state index is 13.1. The summed E-state index contributed by atoms with van der Waals surface area (Å²) in [5.74, 6) is -0.893. The van der Waals surface area contributed by atoms with Gasteiger partial charge in [0, 0.05) is 6.04 Å². The number of rotatable bonds is 5. The lowest BCUT2D eigenvalue weighted by Gasteiger charge is -2.18. The van der Waals surface area contributed by atoms with Gasteiger partial charge in [-0.2, -0.15) is 0 Å². The van der Waals surface area contributed by atoms with Gasteiger partial charge in [0.25, 0.3) is 5.69 Å². The minimum atomic E-state index is -0.685. The number of amides is 1. The number of nitrogens with one attached hydrogen (secondary N) is 2. The van der Waals surface area contributed by atoms with Gasteiger partial charge < -0.3 is 10.6 Å². The van der Waals surface area contributed by atoms with Crippen LogP contribution in [0, 0.1) is 15.9 Å².